The number of rotatable bonds is 18. The van der Waals surface area contributed by atoms with Crippen LogP contribution in [0.15, 0.2) is 160 Å². The molecule has 29 heteroatoms. The Hall–Kier alpha value is -10.4. The van der Waals surface area contributed by atoms with Gasteiger partial charge < -0.3 is 54.9 Å². The van der Waals surface area contributed by atoms with E-state index in [1.165, 1.54) is 101 Å². The van der Waals surface area contributed by atoms with Gasteiger partial charge in [0.15, 0.2) is 11.5 Å². The molecule has 8 aromatic carbocycles. The zero-order chi connectivity index (χ0) is 57.1. The van der Waals surface area contributed by atoms with Crippen LogP contribution in [0, 0.1) is 0 Å². The third-order valence-corrected chi connectivity index (χ3v) is 13.1. The highest BCUT2D eigenvalue weighted by atomic mass is 32.2. The Morgan fingerprint density at radius 1 is 0.430 bits per heavy atom. The molecule has 27 nitrogen and oxygen atoms in total. The molecule has 404 valence electrons. The van der Waals surface area contributed by atoms with Crippen LogP contribution < -0.4 is 24.3 Å². The number of hydrogen-bond acceptors (Lipinski definition) is 23. The molecule has 0 unspecified atom stereocenters. The third-order valence-electron chi connectivity index (χ3n) is 11.4. The quantitative estimate of drug-likeness (QED) is 0.0285. The van der Waals surface area contributed by atoms with Crippen LogP contribution in [-0.2, 0) is 20.2 Å². The number of phenols is 4. The Bertz CT molecular complexity index is 3930. The summed E-state index contributed by atoms with van der Waals surface area (Å²) < 4.78 is 93.6. The predicted molar refractivity (Wildman–Crippen MR) is 280 cm³/mol. The number of phenolic OH excluding ortho intramolecular Hbond substituents is 2. The number of anilines is 2. The van der Waals surface area contributed by atoms with E-state index < -0.39 is 87.5 Å². The van der Waals surface area contributed by atoms with Gasteiger partial charge in [0.05, 0.1) is 39.8 Å². The molecule has 0 amide bonds. The lowest BCUT2D eigenvalue weighted by atomic mass is 10.1. The van der Waals surface area contributed by atoms with E-state index in [0.29, 0.717) is 0 Å². The fourth-order valence-corrected chi connectivity index (χ4v) is 8.92. The van der Waals surface area contributed by atoms with Crippen molar-refractivity contribution in [2.45, 2.75) is 9.79 Å². The van der Waals surface area contributed by atoms with Crippen molar-refractivity contribution >= 4 is 111 Å². The molecule has 0 spiro atoms. The van der Waals surface area contributed by atoms with Gasteiger partial charge in [-0.3, -0.25) is 9.11 Å². The van der Waals surface area contributed by atoms with E-state index in [2.05, 4.69) is 46.2 Å². The van der Waals surface area contributed by atoms with Gasteiger partial charge in [0.2, 0.25) is 0 Å². The predicted octanol–water partition coefficient (Wildman–Crippen LogP) is 12.1. The van der Waals surface area contributed by atoms with Gasteiger partial charge >= 0.3 is 11.9 Å². The third kappa shape index (κ3) is 11.7. The average molecular weight is 1120 g/mol. The second-order valence-corrected chi connectivity index (χ2v) is 19.1. The lowest BCUT2D eigenvalue weighted by Crippen LogP contribution is -2.00. The van der Waals surface area contributed by atoms with Crippen LogP contribution in [-0.4, -0.2) is 97.0 Å². The summed E-state index contributed by atoms with van der Waals surface area (Å²) >= 11 is 0. The lowest BCUT2D eigenvalue weighted by molar-refractivity contribution is 0.0682. The monoisotopic (exact) mass is 1120 g/mol. The number of carboxylic acids is 2. The Balaban J connectivity index is 1.08. The number of azo groups is 4. The number of benzene rings is 8. The van der Waals surface area contributed by atoms with E-state index in [1.54, 1.807) is 0 Å². The number of ether oxygens (including phenoxy) is 4. The number of fused-ring (bicyclic) bond motifs is 2. The highest BCUT2D eigenvalue weighted by Crippen LogP contribution is 2.48. The first-order valence-corrected chi connectivity index (χ1v) is 25.0. The number of hydrogen-bond donors (Lipinski definition) is 9. The Morgan fingerprint density at radius 2 is 0.759 bits per heavy atom. The summed E-state index contributed by atoms with van der Waals surface area (Å²) in [6.07, 6.45) is 0. The van der Waals surface area contributed by atoms with E-state index in [0.717, 1.165) is 36.4 Å². The van der Waals surface area contributed by atoms with Crippen molar-refractivity contribution in [1.82, 2.24) is 0 Å². The van der Waals surface area contributed by atoms with Crippen molar-refractivity contribution in [3.63, 3.8) is 0 Å². The average Bonchev–Trinajstić information content (AvgIpc) is 3.47. The van der Waals surface area contributed by atoms with Crippen molar-refractivity contribution in [2.24, 2.45) is 40.9 Å². The number of aromatic carboxylic acids is 2. The molecule has 0 aliphatic heterocycles. The van der Waals surface area contributed by atoms with Crippen LogP contribution in [0.5, 0.6) is 46.0 Å². The topological polar surface area (TPSA) is 412 Å². The number of nitrogens with one attached hydrogen (secondary N) is 1. The SMILES string of the molecule is COc1cc(N=Nc2c(S(=O)(=O)O)cc3cc(Nc4ccc5c(O)c(N=Nc6cc(OC)c(N=Nc7ccc(O)c(C(=O)O)c7)cc6OC)c(S(=O)(=O)O)cc5c4)ccc3c2O)c(OC)cc1N=Nc1ccc(O)c(C(=O)O)c1. The molecule has 0 saturated carbocycles. The summed E-state index contributed by atoms with van der Waals surface area (Å²) in [6.45, 7) is 0. The molecule has 0 aliphatic carbocycles. The molecule has 0 heterocycles. The number of carbonyl (C=O) groups is 2. The van der Waals surface area contributed by atoms with E-state index in [-0.39, 0.29) is 90.0 Å². The van der Waals surface area contributed by atoms with Gasteiger partial charge in [0.25, 0.3) is 20.2 Å². The fraction of sp³-hybridized carbons (Fsp3) is 0.0800. The normalized spacial score (nSPS) is 12.1. The molecule has 0 bridgehead atoms. The molecule has 0 saturated heterocycles. The maximum atomic E-state index is 12.8. The number of carboxylic acid groups (broad SMARTS) is 2. The van der Waals surface area contributed by atoms with Gasteiger partial charge in [-0.2, -0.15) is 27.1 Å². The van der Waals surface area contributed by atoms with Crippen LogP contribution in [0.3, 0.4) is 0 Å². The minimum absolute atomic E-state index is 0.00186. The lowest BCUT2D eigenvalue weighted by Gasteiger charge is -2.13. The number of aromatic hydroxyl groups is 4. The molecule has 0 aromatic heterocycles. The second-order valence-electron chi connectivity index (χ2n) is 16.3. The van der Waals surface area contributed by atoms with Crippen molar-refractivity contribution in [1.29, 1.82) is 0 Å². The standard InChI is InChI=1S/C50H39N9O18S2/c1-74-39-21-35(41(76-3)19-33(39)54-52-27-7-11-37(60)31(17-27)49(64)65)56-58-45-43(78(68,69)70)15-23-13-25(5-9-29(23)47(45)62)51-26-6-10-30-24(14-26)16-44(79(71,72)73)46(48(30)63)59-57-36-22-40(75-2)34(20-42(36)77-4)55-53-28-8-12-38(61)32(18-28)50(66)67/h5-22,51,60-63H,1-4H3,(H,64,65)(H,66,67)(H,68,69,70)(H,71,72,73). The summed E-state index contributed by atoms with van der Waals surface area (Å²) in [5.41, 5.74) is -1.44. The van der Waals surface area contributed by atoms with Gasteiger partial charge in [0.1, 0.15) is 89.5 Å². The largest absolute Gasteiger partial charge is 0.507 e. The smallest absolute Gasteiger partial charge is 0.339 e. The van der Waals surface area contributed by atoms with Gasteiger partial charge in [-0.25, -0.2) is 9.59 Å². The second kappa shape index (κ2) is 22.1. The van der Waals surface area contributed by atoms with Gasteiger partial charge in [-0.05, 0) is 95.7 Å². The Labute approximate surface area is 444 Å². The maximum absolute atomic E-state index is 12.8. The minimum Gasteiger partial charge on any atom is -0.507 e. The highest BCUT2D eigenvalue weighted by molar-refractivity contribution is 7.86. The molecule has 0 atom stereocenters. The Morgan fingerprint density at radius 3 is 1.06 bits per heavy atom. The summed E-state index contributed by atoms with van der Waals surface area (Å²) in [4.78, 5) is 21.2. The Kier molecular flexibility index (Phi) is 15.3. The van der Waals surface area contributed by atoms with Gasteiger partial charge in [-0.15, -0.1) is 30.7 Å². The molecule has 8 aromatic rings. The van der Waals surface area contributed by atoms with Crippen molar-refractivity contribution in [3.8, 4) is 46.0 Å². The first-order chi connectivity index (χ1) is 37.5. The van der Waals surface area contributed by atoms with Crippen molar-refractivity contribution < 1.29 is 85.1 Å². The zero-order valence-electron chi connectivity index (χ0n) is 40.9. The number of nitrogens with zero attached hydrogens (tertiary/aromatic N) is 8. The summed E-state index contributed by atoms with van der Waals surface area (Å²) in [5.74, 6) is -5.07. The first-order valence-electron chi connectivity index (χ1n) is 22.1. The van der Waals surface area contributed by atoms with Gasteiger partial charge in [-0.1, -0.05) is 0 Å². The summed E-state index contributed by atoms with van der Waals surface area (Å²) in [7, 11) is -5.10. The van der Waals surface area contributed by atoms with Crippen LogP contribution in [0.2, 0.25) is 0 Å². The molecular formula is C50H39N9O18S2. The van der Waals surface area contributed by atoms with E-state index >= 15 is 0 Å². The van der Waals surface area contributed by atoms with Gasteiger partial charge in [0, 0.05) is 46.4 Å². The zero-order valence-corrected chi connectivity index (χ0v) is 42.6. The summed E-state index contributed by atoms with van der Waals surface area (Å²) in [6, 6.07) is 23.0. The van der Waals surface area contributed by atoms with E-state index in [4.69, 9.17) is 18.9 Å². The minimum atomic E-state index is -5.11. The summed E-state index contributed by atoms with van der Waals surface area (Å²) in [5, 5.41) is 96.9. The van der Waals surface area contributed by atoms with Crippen LogP contribution >= 0.6 is 0 Å². The fourth-order valence-electron chi connectivity index (χ4n) is 7.60. The molecule has 0 radical (unpaired) electrons. The molecule has 8 rings (SSSR count). The van der Waals surface area contributed by atoms with Crippen LogP contribution in [0.25, 0.3) is 21.5 Å². The van der Waals surface area contributed by atoms with Crippen LogP contribution in [0.1, 0.15) is 20.7 Å². The molecule has 0 aliphatic rings. The van der Waals surface area contributed by atoms with Crippen molar-refractivity contribution in [2.75, 3.05) is 33.8 Å². The van der Waals surface area contributed by atoms with Crippen LogP contribution in [0.4, 0.5) is 56.9 Å². The molecular weight excluding hydrogens is 1080 g/mol. The van der Waals surface area contributed by atoms with E-state index in [9.17, 15) is 66.2 Å². The molecule has 79 heavy (non-hydrogen) atoms. The maximum Gasteiger partial charge on any atom is 0.339 e. The number of methoxy groups -OCH3 is 4. The molecule has 9 N–H and O–H groups in total. The molecule has 0 fully saturated rings. The highest BCUT2D eigenvalue weighted by Gasteiger charge is 2.25. The van der Waals surface area contributed by atoms with Crippen molar-refractivity contribution in [3.05, 3.63) is 120 Å². The van der Waals surface area contributed by atoms with E-state index in [1.807, 2.05) is 0 Å². The first kappa shape index (κ1) is 54.9.